The second-order valence-electron chi connectivity index (χ2n) is 3.20. The van der Waals surface area contributed by atoms with Crippen molar-refractivity contribution in [1.29, 1.82) is 0 Å². The van der Waals surface area contributed by atoms with Crippen molar-refractivity contribution < 1.29 is 9.53 Å². The van der Waals surface area contributed by atoms with E-state index < -0.39 is 0 Å². The molecule has 2 N–H and O–H groups in total. The van der Waals surface area contributed by atoms with Gasteiger partial charge in [-0.3, -0.25) is 0 Å². The average Bonchev–Trinajstić information content (AvgIpc) is 2.20. The Labute approximate surface area is 89.5 Å². The molecule has 0 aliphatic carbocycles. The van der Waals surface area contributed by atoms with Crippen LogP contribution in [0.1, 0.15) is 18.1 Å². The number of carbonyl (C=O) groups excluding carboxylic acids is 1. The first-order chi connectivity index (χ1) is 7.13. The first-order valence-electron chi connectivity index (χ1n) is 4.84. The van der Waals surface area contributed by atoms with Gasteiger partial charge in [0.25, 0.3) is 0 Å². The molecule has 1 rings (SSSR count). The predicted octanol–water partition coefficient (Wildman–Crippen LogP) is 2.15. The van der Waals surface area contributed by atoms with Crippen molar-refractivity contribution >= 4 is 17.7 Å². The van der Waals surface area contributed by atoms with Gasteiger partial charge < -0.3 is 10.5 Å². The minimum Gasteiger partial charge on any atom is -0.463 e. The lowest BCUT2D eigenvalue weighted by Gasteiger charge is -2.00. The standard InChI is InChI=1S/C12H15NO2/c1-3-15-12(14)7-6-10-5-4-9(2)11(13)8-10/h4-8H,3,13H2,1-2H3/b7-6+. The number of aryl methyl sites for hydroxylation is 1. The smallest absolute Gasteiger partial charge is 0.330 e. The van der Waals surface area contributed by atoms with Crippen molar-refractivity contribution in [2.75, 3.05) is 12.3 Å². The van der Waals surface area contributed by atoms with Crippen LogP contribution in [0.25, 0.3) is 6.08 Å². The topological polar surface area (TPSA) is 52.3 Å². The lowest BCUT2D eigenvalue weighted by atomic mass is 10.1. The summed E-state index contributed by atoms with van der Waals surface area (Å²) in [5, 5.41) is 0. The summed E-state index contributed by atoms with van der Waals surface area (Å²) in [6.07, 6.45) is 3.08. The van der Waals surface area contributed by atoms with Crippen LogP contribution in [0.15, 0.2) is 24.3 Å². The minimum atomic E-state index is -0.336. The van der Waals surface area contributed by atoms with E-state index in [0.29, 0.717) is 6.61 Å². The quantitative estimate of drug-likeness (QED) is 0.467. The van der Waals surface area contributed by atoms with E-state index in [1.54, 1.807) is 13.0 Å². The number of carbonyl (C=O) groups is 1. The van der Waals surface area contributed by atoms with Gasteiger partial charge in [-0.05, 0) is 37.1 Å². The summed E-state index contributed by atoms with van der Waals surface area (Å²) in [5.41, 5.74) is 8.38. The average molecular weight is 205 g/mol. The van der Waals surface area contributed by atoms with Crippen molar-refractivity contribution in [3.63, 3.8) is 0 Å². The van der Waals surface area contributed by atoms with Crippen LogP contribution in [-0.2, 0) is 9.53 Å². The first-order valence-corrected chi connectivity index (χ1v) is 4.84. The van der Waals surface area contributed by atoms with Crippen LogP contribution in [0.5, 0.6) is 0 Å². The van der Waals surface area contributed by atoms with Gasteiger partial charge in [0.1, 0.15) is 0 Å². The molecular weight excluding hydrogens is 190 g/mol. The van der Waals surface area contributed by atoms with Gasteiger partial charge in [0, 0.05) is 11.8 Å². The van der Waals surface area contributed by atoms with E-state index >= 15 is 0 Å². The zero-order valence-electron chi connectivity index (χ0n) is 8.99. The fourth-order valence-electron chi connectivity index (χ4n) is 1.12. The predicted molar refractivity (Wildman–Crippen MR) is 61.3 cm³/mol. The number of hydrogen-bond donors (Lipinski definition) is 1. The Morgan fingerprint density at radius 3 is 2.87 bits per heavy atom. The molecule has 0 saturated carbocycles. The van der Waals surface area contributed by atoms with E-state index in [4.69, 9.17) is 10.5 Å². The van der Waals surface area contributed by atoms with Gasteiger partial charge in [0.05, 0.1) is 6.61 Å². The van der Waals surface area contributed by atoms with Crippen molar-refractivity contribution in [1.82, 2.24) is 0 Å². The lowest BCUT2D eigenvalue weighted by molar-refractivity contribution is -0.137. The maximum absolute atomic E-state index is 11.0. The largest absolute Gasteiger partial charge is 0.463 e. The summed E-state index contributed by atoms with van der Waals surface area (Å²) in [5.74, 6) is -0.336. The third-order valence-electron chi connectivity index (χ3n) is 2.00. The molecule has 0 bridgehead atoms. The molecule has 80 valence electrons. The second kappa shape index (κ2) is 5.20. The van der Waals surface area contributed by atoms with Gasteiger partial charge in [-0.15, -0.1) is 0 Å². The Hall–Kier alpha value is -1.77. The van der Waals surface area contributed by atoms with E-state index in [9.17, 15) is 4.79 Å². The van der Waals surface area contributed by atoms with Gasteiger partial charge in [-0.2, -0.15) is 0 Å². The van der Waals surface area contributed by atoms with Crippen LogP contribution in [-0.4, -0.2) is 12.6 Å². The fourth-order valence-corrected chi connectivity index (χ4v) is 1.12. The van der Waals surface area contributed by atoms with Crippen molar-refractivity contribution in [3.8, 4) is 0 Å². The zero-order valence-corrected chi connectivity index (χ0v) is 8.99. The van der Waals surface area contributed by atoms with E-state index in [2.05, 4.69) is 0 Å². The molecule has 15 heavy (non-hydrogen) atoms. The van der Waals surface area contributed by atoms with Gasteiger partial charge in [0.15, 0.2) is 0 Å². The number of anilines is 1. The number of rotatable bonds is 3. The summed E-state index contributed by atoms with van der Waals surface area (Å²) in [4.78, 5) is 11.0. The number of esters is 1. The van der Waals surface area contributed by atoms with Crippen molar-refractivity contribution in [2.45, 2.75) is 13.8 Å². The molecule has 1 aromatic carbocycles. The summed E-state index contributed by atoms with van der Waals surface area (Å²) < 4.78 is 4.76. The Bertz CT molecular complexity index is 383. The van der Waals surface area contributed by atoms with E-state index in [0.717, 1.165) is 16.8 Å². The van der Waals surface area contributed by atoms with E-state index in [1.807, 2.05) is 25.1 Å². The molecule has 0 unspecified atom stereocenters. The fraction of sp³-hybridized carbons (Fsp3) is 0.250. The maximum Gasteiger partial charge on any atom is 0.330 e. The molecule has 0 saturated heterocycles. The molecule has 0 aliphatic rings. The van der Waals surface area contributed by atoms with Crippen molar-refractivity contribution in [3.05, 3.63) is 35.4 Å². The molecule has 0 heterocycles. The molecular formula is C12H15NO2. The third kappa shape index (κ3) is 3.46. The Balaban J connectivity index is 2.72. The molecule has 0 spiro atoms. The highest BCUT2D eigenvalue weighted by Gasteiger charge is 1.96. The molecule has 0 amide bonds. The second-order valence-corrected chi connectivity index (χ2v) is 3.20. The van der Waals surface area contributed by atoms with Crippen LogP contribution in [0.3, 0.4) is 0 Å². The normalized spacial score (nSPS) is 10.5. The number of nitrogens with two attached hydrogens (primary N) is 1. The van der Waals surface area contributed by atoms with Gasteiger partial charge in [0.2, 0.25) is 0 Å². The highest BCUT2D eigenvalue weighted by molar-refractivity contribution is 5.87. The van der Waals surface area contributed by atoms with Crippen LogP contribution in [0.2, 0.25) is 0 Å². The summed E-state index contributed by atoms with van der Waals surface area (Å²) >= 11 is 0. The molecule has 0 aromatic heterocycles. The van der Waals surface area contributed by atoms with Crippen LogP contribution < -0.4 is 5.73 Å². The Morgan fingerprint density at radius 1 is 1.53 bits per heavy atom. The molecule has 0 radical (unpaired) electrons. The molecule has 0 aliphatic heterocycles. The van der Waals surface area contributed by atoms with Gasteiger partial charge in [-0.1, -0.05) is 12.1 Å². The van der Waals surface area contributed by atoms with E-state index in [1.165, 1.54) is 6.08 Å². The first kappa shape index (κ1) is 11.3. The summed E-state index contributed by atoms with van der Waals surface area (Å²) in [7, 11) is 0. The van der Waals surface area contributed by atoms with E-state index in [-0.39, 0.29) is 5.97 Å². The highest BCUT2D eigenvalue weighted by atomic mass is 16.5. The molecule has 1 aromatic rings. The van der Waals surface area contributed by atoms with Crippen LogP contribution >= 0.6 is 0 Å². The number of ether oxygens (including phenoxy) is 1. The molecule has 0 atom stereocenters. The van der Waals surface area contributed by atoms with Crippen LogP contribution in [0, 0.1) is 6.92 Å². The number of benzene rings is 1. The summed E-state index contributed by atoms with van der Waals surface area (Å²) in [6.45, 7) is 4.10. The Kier molecular flexibility index (Phi) is 3.92. The van der Waals surface area contributed by atoms with Gasteiger partial charge >= 0.3 is 5.97 Å². The summed E-state index contributed by atoms with van der Waals surface area (Å²) in [6, 6.07) is 5.65. The molecule has 3 nitrogen and oxygen atoms in total. The molecule has 3 heteroatoms. The Morgan fingerprint density at radius 2 is 2.27 bits per heavy atom. The monoisotopic (exact) mass is 205 g/mol. The maximum atomic E-state index is 11.0. The number of hydrogen-bond acceptors (Lipinski definition) is 3. The third-order valence-corrected chi connectivity index (χ3v) is 2.00. The SMILES string of the molecule is CCOC(=O)/C=C/c1ccc(C)c(N)c1. The molecule has 0 fully saturated rings. The highest BCUT2D eigenvalue weighted by Crippen LogP contribution is 2.13. The zero-order chi connectivity index (χ0) is 11.3. The lowest BCUT2D eigenvalue weighted by Crippen LogP contribution is -1.98. The van der Waals surface area contributed by atoms with Crippen molar-refractivity contribution in [2.24, 2.45) is 0 Å². The van der Waals surface area contributed by atoms with Gasteiger partial charge in [-0.25, -0.2) is 4.79 Å². The van der Waals surface area contributed by atoms with Crippen LogP contribution in [0.4, 0.5) is 5.69 Å². The minimum absolute atomic E-state index is 0.336. The number of nitrogen functional groups attached to an aromatic ring is 1.